The Labute approximate surface area is 116 Å². The molecule has 0 fully saturated rings. The number of hydrogen-bond donors (Lipinski definition) is 1. The van der Waals surface area contributed by atoms with E-state index in [-0.39, 0.29) is 5.91 Å². The van der Waals surface area contributed by atoms with Gasteiger partial charge >= 0.3 is 0 Å². The first-order valence-corrected chi connectivity index (χ1v) is 6.15. The first-order valence-electron chi connectivity index (χ1n) is 5.39. The molecule has 1 N–H and O–H groups in total. The highest BCUT2D eigenvalue weighted by Gasteiger charge is 2.09. The summed E-state index contributed by atoms with van der Waals surface area (Å²) in [4.78, 5) is 12.1. The Morgan fingerprint density at radius 3 is 2.28 bits per heavy atom. The maximum Gasteiger partial charge on any atom is 0.255 e. The number of rotatable bonds is 2. The summed E-state index contributed by atoms with van der Waals surface area (Å²) in [5.41, 5.74) is 2.14. The minimum absolute atomic E-state index is 0.175. The molecule has 0 unspecified atom stereocenters. The smallest absolute Gasteiger partial charge is 0.255 e. The number of carbonyl (C=O) groups excluding carboxylic acids is 1. The molecule has 2 rings (SSSR count). The number of halogens is 2. The number of anilines is 1. The lowest BCUT2D eigenvalue weighted by atomic mass is 10.1. The third kappa shape index (κ3) is 3.03. The molecular formula is C14H11Cl2NO. The lowest BCUT2D eigenvalue weighted by Crippen LogP contribution is -2.13. The van der Waals surface area contributed by atoms with Gasteiger partial charge < -0.3 is 5.32 Å². The van der Waals surface area contributed by atoms with Gasteiger partial charge in [-0.15, -0.1) is 0 Å². The number of benzene rings is 2. The molecule has 0 heterocycles. The van der Waals surface area contributed by atoms with Crippen molar-refractivity contribution in [2.75, 3.05) is 5.32 Å². The maximum atomic E-state index is 12.1. The summed E-state index contributed by atoms with van der Waals surface area (Å²) in [5, 5.41) is 3.75. The Morgan fingerprint density at radius 1 is 1.06 bits per heavy atom. The monoisotopic (exact) mass is 279 g/mol. The van der Waals surface area contributed by atoms with Crippen LogP contribution < -0.4 is 5.32 Å². The second-order valence-electron chi connectivity index (χ2n) is 3.93. The molecular weight excluding hydrogens is 269 g/mol. The van der Waals surface area contributed by atoms with E-state index in [1.807, 2.05) is 25.1 Å². The molecule has 0 aliphatic carbocycles. The van der Waals surface area contributed by atoms with Gasteiger partial charge in [0, 0.05) is 21.3 Å². The van der Waals surface area contributed by atoms with E-state index in [1.165, 1.54) is 0 Å². The third-order valence-corrected chi connectivity index (χ3v) is 2.95. The number of nitrogens with one attached hydrogen (secondary N) is 1. The van der Waals surface area contributed by atoms with Crippen molar-refractivity contribution in [3.8, 4) is 0 Å². The van der Waals surface area contributed by atoms with Gasteiger partial charge in [-0.3, -0.25) is 4.79 Å². The van der Waals surface area contributed by atoms with Gasteiger partial charge in [-0.1, -0.05) is 41.4 Å². The lowest BCUT2D eigenvalue weighted by molar-refractivity contribution is 0.102. The van der Waals surface area contributed by atoms with Crippen LogP contribution in [0, 0.1) is 6.92 Å². The molecule has 0 spiro atoms. The summed E-state index contributed by atoms with van der Waals surface area (Å²) in [5.74, 6) is -0.175. The zero-order valence-corrected chi connectivity index (χ0v) is 11.2. The molecule has 18 heavy (non-hydrogen) atoms. The number of aryl methyl sites for hydroxylation is 1. The Bertz CT molecular complexity index is 576. The molecule has 1 amide bonds. The zero-order chi connectivity index (χ0) is 13.1. The molecule has 2 nitrogen and oxygen atoms in total. The molecule has 0 aliphatic heterocycles. The Balaban J connectivity index is 2.24. The number of carbonyl (C=O) groups is 1. The molecule has 2 aromatic rings. The van der Waals surface area contributed by atoms with Crippen LogP contribution in [-0.4, -0.2) is 5.91 Å². The molecule has 0 atom stereocenters. The summed E-state index contributed by atoms with van der Waals surface area (Å²) >= 11 is 11.8. The molecule has 0 aliphatic rings. The van der Waals surface area contributed by atoms with E-state index in [0.29, 0.717) is 21.3 Å². The Hall–Kier alpha value is -1.51. The SMILES string of the molecule is Cc1ccccc1C(=O)Nc1cc(Cl)cc(Cl)c1. The van der Waals surface area contributed by atoms with E-state index in [2.05, 4.69) is 5.32 Å². The van der Waals surface area contributed by atoms with Gasteiger partial charge in [-0.05, 0) is 36.8 Å². The van der Waals surface area contributed by atoms with Gasteiger partial charge in [0.2, 0.25) is 0 Å². The van der Waals surface area contributed by atoms with Gasteiger partial charge in [-0.2, -0.15) is 0 Å². The average molecular weight is 280 g/mol. The minimum atomic E-state index is -0.175. The fourth-order valence-electron chi connectivity index (χ4n) is 1.65. The average Bonchev–Trinajstić information content (AvgIpc) is 2.27. The second-order valence-corrected chi connectivity index (χ2v) is 4.80. The van der Waals surface area contributed by atoms with Gasteiger partial charge in [0.05, 0.1) is 0 Å². The molecule has 0 saturated heterocycles. The summed E-state index contributed by atoms with van der Waals surface area (Å²) in [6.07, 6.45) is 0. The van der Waals surface area contributed by atoms with Crippen molar-refractivity contribution in [1.29, 1.82) is 0 Å². The van der Waals surface area contributed by atoms with Crippen molar-refractivity contribution in [2.24, 2.45) is 0 Å². The largest absolute Gasteiger partial charge is 0.322 e. The molecule has 0 bridgehead atoms. The fourth-order valence-corrected chi connectivity index (χ4v) is 2.18. The third-order valence-electron chi connectivity index (χ3n) is 2.51. The van der Waals surface area contributed by atoms with E-state index in [4.69, 9.17) is 23.2 Å². The summed E-state index contributed by atoms with van der Waals surface area (Å²) < 4.78 is 0. The van der Waals surface area contributed by atoms with Crippen molar-refractivity contribution in [2.45, 2.75) is 6.92 Å². The zero-order valence-electron chi connectivity index (χ0n) is 9.71. The lowest BCUT2D eigenvalue weighted by Gasteiger charge is -2.08. The van der Waals surface area contributed by atoms with E-state index < -0.39 is 0 Å². The Kier molecular flexibility index (Phi) is 3.90. The van der Waals surface area contributed by atoms with Crippen LogP contribution >= 0.6 is 23.2 Å². The molecule has 0 aromatic heterocycles. The van der Waals surface area contributed by atoms with Crippen LogP contribution in [0.25, 0.3) is 0 Å². The van der Waals surface area contributed by atoms with Crippen LogP contribution in [0.2, 0.25) is 10.0 Å². The first kappa shape index (κ1) is 12.9. The van der Waals surface area contributed by atoms with Crippen molar-refractivity contribution in [3.63, 3.8) is 0 Å². The summed E-state index contributed by atoms with van der Waals surface area (Å²) in [6.45, 7) is 1.89. The minimum Gasteiger partial charge on any atom is -0.322 e. The molecule has 2 aromatic carbocycles. The summed E-state index contributed by atoms with van der Waals surface area (Å²) in [7, 11) is 0. The van der Waals surface area contributed by atoms with Crippen molar-refractivity contribution in [1.82, 2.24) is 0 Å². The predicted molar refractivity (Wildman–Crippen MR) is 75.6 cm³/mol. The van der Waals surface area contributed by atoms with Crippen LogP contribution in [0.4, 0.5) is 5.69 Å². The highest BCUT2D eigenvalue weighted by Crippen LogP contribution is 2.23. The summed E-state index contributed by atoms with van der Waals surface area (Å²) in [6, 6.07) is 12.3. The van der Waals surface area contributed by atoms with Crippen molar-refractivity contribution < 1.29 is 4.79 Å². The molecule has 0 saturated carbocycles. The number of hydrogen-bond acceptors (Lipinski definition) is 1. The first-order chi connectivity index (χ1) is 8.56. The van der Waals surface area contributed by atoms with Gasteiger partial charge in [0.15, 0.2) is 0 Å². The molecule has 0 radical (unpaired) electrons. The van der Waals surface area contributed by atoms with Crippen LogP contribution in [0.3, 0.4) is 0 Å². The van der Waals surface area contributed by atoms with E-state index in [9.17, 15) is 4.79 Å². The van der Waals surface area contributed by atoms with E-state index in [1.54, 1.807) is 24.3 Å². The van der Waals surface area contributed by atoms with Gasteiger partial charge in [-0.25, -0.2) is 0 Å². The van der Waals surface area contributed by atoms with E-state index >= 15 is 0 Å². The predicted octanol–water partition coefficient (Wildman–Crippen LogP) is 4.55. The highest BCUT2D eigenvalue weighted by atomic mass is 35.5. The quantitative estimate of drug-likeness (QED) is 0.858. The van der Waals surface area contributed by atoms with Crippen LogP contribution in [-0.2, 0) is 0 Å². The van der Waals surface area contributed by atoms with Gasteiger partial charge in [0.1, 0.15) is 0 Å². The standard InChI is InChI=1S/C14H11Cl2NO/c1-9-4-2-3-5-13(9)14(18)17-12-7-10(15)6-11(16)8-12/h2-8H,1H3,(H,17,18). The topological polar surface area (TPSA) is 29.1 Å². The molecule has 92 valence electrons. The Morgan fingerprint density at radius 2 is 1.67 bits per heavy atom. The van der Waals surface area contributed by atoms with Crippen LogP contribution in [0.5, 0.6) is 0 Å². The van der Waals surface area contributed by atoms with E-state index in [0.717, 1.165) is 5.56 Å². The second kappa shape index (κ2) is 5.42. The van der Waals surface area contributed by atoms with Gasteiger partial charge in [0.25, 0.3) is 5.91 Å². The number of amides is 1. The van der Waals surface area contributed by atoms with Crippen molar-refractivity contribution >= 4 is 34.8 Å². The molecule has 4 heteroatoms. The highest BCUT2D eigenvalue weighted by molar-refractivity contribution is 6.35. The maximum absolute atomic E-state index is 12.1. The fraction of sp³-hybridized carbons (Fsp3) is 0.0714. The van der Waals surface area contributed by atoms with Crippen molar-refractivity contribution in [3.05, 3.63) is 63.6 Å². The normalized spacial score (nSPS) is 10.2. The van der Waals surface area contributed by atoms with Crippen LogP contribution in [0.15, 0.2) is 42.5 Å². The van der Waals surface area contributed by atoms with Crippen LogP contribution in [0.1, 0.15) is 15.9 Å².